The molecular weight excluding hydrogens is 444 g/mol. The first-order valence-electron chi connectivity index (χ1n) is 11.4. The normalized spacial score (nSPS) is 13.7. The molecule has 0 unspecified atom stereocenters. The Morgan fingerprint density at radius 3 is 2.57 bits per heavy atom. The van der Waals surface area contributed by atoms with E-state index in [4.69, 9.17) is 4.52 Å². The van der Waals surface area contributed by atoms with E-state index in [1.54, 1.807) is 46.3 Å². The summed E-state index contributed by atoms with van der Waals surface area (Å²) in [7, 11) is 0. The van der Waals surface area contributed by atoms with Gasteiger partial charge in [-0.1, -0.05) is 35.5 Å². The third kappa shape index (κ3) is 4.89. The molecule has 9 heteroatoms. The number of carbonyl (C=O) groups is 2. The zero-order chi connectivity index (χ0) is 24.2. The lowest BCUT2D eigenvalue weighted by molar-refractivity contribution is -0.134. The van der Waals surface area contributed by atoms with Crippen LogP contribution in [-0.4, -0.2) is 62.9 Å². The van der Waals surface area contributed by atoms with Gasteiger partial charge in [0.2, 0.25) is 11.9 Å². The fourth-order valence-electron chi connectivity index (χ4n) is 3.92. The van der Waals surface area contributed by atoms with Gasteiger partial charge in [-0.3, -0.25) is 9.59 Å². The molecular formula is C26H24N6O3. The van der Waals surface area contributed by atoms with Gasteiger partial charge in [-0.05, 0) is 37.3 Å². The zero-order valence-electron chi connectivity index (χ0n) is 19.2. The highest BCUT2D eigenvalue weighted by molar-refractivity contribution is 5.97. The van der Waals surface area contributed by atoms with Crippen LogP contribution < -0.4 is 5.32 Å². The number of piperazine rings is 1. The quantitative estimate of drug-likeness (QED) is 0.458. The molecule has 1 aliphatic heterocycles. The smallest absolute Gasteiger partial charge is 0.254 e. The summed E-state index contributed by atoms with van der Waals surface area (Å²) in [5, 5.41) is 7.29. The van der Waals surface area contributed by atoms with Crippen molar-refractivity contribution in [3.63, 3.8) is 0 Å². The molecule has 0 aliphatic carbocycles. The highest BCUT2D eigenvalue weighted by Gasteiger charge is 2.26. The molecule has 1 N–H and O–H groups in total. The topological polar surface area (TPSA) is 104 Å². The lowest BCUT2D eigenvalue weighted by Gasteiger charge is -2.33. The lowest BCUT2D eigenvalue weighted by atomic mass is 10.1. The van der Waals surface area contributed by atoms with E-state index in [1.165, 1.54) is 0 Å². The van der Waals surface area contributed by atoms with Crippen molar-refractivity contribution in [1.82, 2.24) is 24.9 Å². The van der Waals surface area contributed by atoms with Crippen LogP contribution in [0.3, 0.4) is 0 Å². The van der Waals surface area contributed by atoms with Crippen molar-refractivity contribution < 1.29 is 14.1 Å². The second-order valence-corrected chi connectivity index (χ2v) is 8.11. The third-order valence-electron chi connectivity index (χ3n) is 5.86. The molecule has 1 aliphatic rings. The van der Waals surface area contributed by atoms with Gasteiger partial charge in [0.1, 0.15) is 17.9 Å². The van der Waals surface area contributed by atoms with Crippen molar-refractivity contribution in [3.8, 4) is 22.7 Å². The SMILES string of the molecule is CCN1CCN(C(=O)c2ccc(Nc3nccc(-c4cc(-c5ccccc5)no4)n3)cc2)CC1=O. The lowest BCUT2D eigenvalue weighted by Crippen LogP contribution is -2.52. The van der Waals surface area contributed by atoms with E-state index >= 15 is 0 Å². The van der Waals surface area contributed by atoms with Gasteiger partial charge in [0.25, 0.3) is 5.91 Å². The van der Waals surface area contributed by atoms with Gasteiger partial charge in [-0.15, -0.1) is 0 Å². The van der Waals surface area contributed by atoms with Crippen molar-refractivity contribution >= 4 is 23.5 Å². The Labute approximate surface area is 202 Å². The van der Waals surface area contributed by atoms with Crippen molar-refractivity contribution in [3.05, 3.63) is 78.5 Å². The Hall–Kier alpha value is -4.53. The Bertz CT molecular complexity index is 1340. The predicted molar refractivity (Wildman–Crippen MR) is 131 cm³/mol. The number of carbonyl (C=O) groups excluding carboxylic acids is 2. The molecule has 1 fully saturated rings. The van der Waals surface area contributed by atoms with Crippen LogP contribution in [0, 0.1) is 0 Å². The minimum Gasteiger partial charge on any atom is -0.354 e. The van der Waals surface area contributed by atoms with Crippen LogP contribution in [0.2, 0.25) is 0 Å². The highest BCUT2D eigenvalue weighted by Crippen LogP contribution is 2.25. The van der Waals surface area contributed by atoms with Gasteiger partial charge in [-0.2, -0.15) is 0 Å². The van der Waals surface area contributed by atoms with Gasteiger partial charge in [-0.25, -0.2) is 9.97 Å². The molecule has 0 saturated carbocycles. The van der Waals surface area contributed by atoms with Crippen LogP contribution in [0.25, 0.3) is 22.7 Å². The summed E-state index contributed by atoms with van der Waals surface area (Å²) in [6.07, 6.45) is 1.64. The van der Waals surface area contributed by atoms with E-state index in [9.17, 15) is 9.59 Å². The zero-order valence-corrected chi connectivity index (χ0v) is 19.2. The van der Waals surface area contributed by atoms with Crippen molar-refractivity contribution in [2.24, 2.45) is 0 Å². The molecule has 2 aromatic carbocycles. The summed E-state index contributed by atoms with van der Waals surface area (Å²) in [4.78, 5) is 37.1. The Morgan fingerprint density at radius 1 is 1.03 bits per heavy atom. The molecule has 4 aromatic rings. The number of aromatic nitrogens is 3. The first-order chi connectivity index (χ1) is 17.1. The molecule has 0 bridgehead atoms. The average Bonchev–Trinajstić information content (AvgIpc) is 3.40. The molecule has 3 heterocycles. The Balaban J connectivity index is 1.26. The molecule has 176 valence electrons. The van der Waals surface area contributed by atoms with Crippen molar-refractivity contribution in [2.45, 2.75) is 6.92 Å². The largest absolute Gasteiger partial charge is 0.354 e. The van der Waals surface area contributed by atoms with E-state index in [2.05, 4.69) is 20.4 Å². The highest BCUT2D eigenvalue weighted by atomic mass is 16.5. The fraction of sp³-hybridized carbons (Fsp3) is 0.192. The number of rotatable bonds is 6. The molecule has 0 radical (unpaired) electrons. The van der Waals surface area contributed by atoms with Crippen LogP contribution in [-0.2, 0) is 4.79 Å². The Morgan fingerprint density at radius 2 is 1.83 bits per heavy atom. The van der Waals surface area contributed by atoms with Crippen LogP contribution in [0.15, 0.2) is 77.4 Å². The van der Waals surface area contributed by atoms with Crippen LogP contribution in [0.5, 0.6) is 0 Å². The average molecular weight is 469 g/mol. The number of amides is 2. The summed E-state index contributed by atoms with van der Waals surface area (Å²) in [6.45, 7) is 3.81. The maximum absolute atomic E-state index is 12.8. The van der Waals surface area contributed by atoms with Gasteiger partial charge < -0.3 is 19.6 Å². The summed E-state index contributed by atoms with van der Waals surface area (Å²) in [6, 6.07) is 20.4. The monoisotopic (exact) mass is 468 g/mol. The molecule has 35 heavy (non-hydrogen) atoms. The van der Waals surface area contributed by atoms with E-state index in [0.717, 1.165) is 16.9 Å². The van der Waals surface area contributed by atoms with Crippen LogP contribution in [0.4, 0.5) is 11.6 Å². The first kappa shape index (κ1) is 22.3. The molecule has 5 rings (SSSR count). The molecule has 2 amide bonds. The number of hydrogen-bond acceptors (Lipinski definition) is 7. The minimum atomic E-state index is -0.154. The number of likely N-dealkylation sites (N-methyl/N-ethyl adjacent to an activating group) is 1. The minimum absolute atomic E-state index is 0.0231. The number of nitrogens with one attached hydrogen (secondary N) is 1. The molecule has 2 aromatic heterocycles. The second kappa shape index (κ2) is 9.76. The van der Waals surface area contributed by atoms with Gasteiger partial charge in [0.15, 0.2) is 5.76 Å². The van der Waals surface area contributed by atoms with E-state index in [1.807, 2.05) is 43.3 Å². The van der Waals surface area contributed by atoms with Gasteiger partial charge in [0.05, 0.1) is 0 Å². The van der Waals surface area contributed by atoms with Crippen molar-refractivity contribution in [1.29, 1.82) is 0 Å². The summed E-state index contributed by atoms with van der Waals surface area (Å²) in [5.41, 5.74) is 3.54. The standard InChI is InChI=1S/C26H24N6O3/c1-2-31-14-15-32(17-24(31)33)25(34)19-8-10-20(11-9-19)28-26-27-13-12-21(29-26)23-16-22(30-35-23)18-6-4-3-5-7-18/h3-13,16H,2,14-15,17H2,1H3,(H,27,28,29). The van der Waals surface area contributed by atoms with Gasteiger partial charge >= 0.3 is 0 Å². The van der Waals surface area contributed by atoms with Crippen molar-refractivity contribution in [2.75, 3.05) is 31.5 Å². The van der Waals surface area contributed by atoms with E-state index < -0.39 is 0 Å². The Kier molecular flexibility index (Phi) is 6.21. The van der Waals surface area contributed by atoms with Crippen LogP contribution >= 0.6 is 0 Å². The summed E-state index contributed by atoms with van der Waals surface area (Å²) >= 11 is 0. The maximum atomic E-state index is 12.8. The number of anilines is 2. The number of benzene rings is 2. The summed E-state index contributed by atoms with van der Waals surface area (Å²) in [5.74, 6) is 0.747. The predicted octanol–water partition coefficient (Wildman–Crippen LogP) is 3.85. The molecule has 9 nitrogen and oxygen atoms in total. The van der Waals surface area contributed by atoms with E-state index in [0.29, 0.717) is 42.6 Å². The van der Waals surface area contributed by atoms with Crippen LogP contribution in [0.1, 0.15) is 17.3 Å². The number of nitrogens with zero attached hydrogens (tertiary/aromatic N) is 5. The van der Waals surface area contributed by atoms with Gasteiger partial charge in [0, 0.05) is 48.7 Å². The molecule has 0 spiro atoms. The molecule has 1 saturated heterocycles. The maximum Gasteiger partial charge on any atom is 0.254 e. The second-order valence-electron chi connectivity index (χ2n) is 8.11. The summed E-state index contributed by atoms with van der Waals surface area (Å²) < 4.78 is 5.49. The first-order valence-corrected chi connectivity index (χ1v) is 11.4. The molecule has 0 atom stereocenters. The van der Waals surface area contributed by atoms with E-state index in [-0.39, 0.29) is 18.4 Å². The number of hydrogen-bond donors (Lipinski definition) is 1. The third-order valence-corrected chi connectivity index (χ3v) is 5.86. The fourth-order valence-corrected chi connectivity index (χ4v) is 3.92.